The van der Waals surface area contributed by atoms with Crippen molar-refractivity contribution < 1.29 is 5.11 Å². The molecule has 0 aromatic heterocycles. The van der Waals surface area contributed by atoms with E-state index in [9.17, 15) is 5.11 Å². The van der Waals surface area contributed by atoms with Crippen LogP contribution < -0.4 is 0 Å². The minimum Gasteiger partial charge on any atom is -0.393 e. The van der Waals surface area contributed by atoms with Gasteiger partial charge in [-0.25, -0.2) is 0 Å². The smallest absolute Gasteiger partial charge is 0.0722 e. The van der Waals surface area contributed by atoms with E-state index in [2.05, 4.69) is 31.9 Å². The quantitative estimate of drug-likeness (QED) is 0.773. The van der Waals surface area contributed by atoms with Gasteiger partial charge in [-0.1, -0.05) is 45.7 Å². The molecule has 0 bridgehead atoms. The topological polar surface area (TPSA) is 20.2 Å². The highest BCUT2D eigenvalue weighted by atomic mass is 79.9. The van der Waals surface area contributed by atoms with Gasteiger partial charge < -0.3 is 5.11 Å². The van der Waals surface area contributed by atoms with Crippen molar-refractivity contribution in [3.05, 3.63) is 0 Å². The summed E-state index contributed by atoms with van der Waals surface area (Å²) >= 11 is 6.60. The molecule has 1 unspecified atom stereocenters. The first-order valence-electron chi connectivity index (χ1n) is 3.00. The molecule has 0 fully saturated rings. The van der Waals surface area contributed by atoms with Gasteiger partial charge in [0.2, 0.25) is 0 Å². The van der Waals surface area contributed by atoms with Gasteiger partial charge in [0.1, 0.15) is 0 Å². The molecule has 1 atom stereocenters. The van der Waals surface area contributed by atoms with Crippen molar-refractivity contribution in [1.82, 2.24) is 0 Å². The molecule has 0 aliphatic heterocycles. The van der Waals surface area contributed by atoms with E-state index in [-0.39, 0.29) is 9.84 Å². The summed E-state index contributed by atoms with van der Waals surface area (Å²) < 4.78 is 0.238. The van der Waals surface area contributed by atoms with Gasteiger partial charge in [0.25, 0.3) is 0 Å². The summed E-state index contributed by atoms with van der Waals surface area (Å²) in [5, 5.41) is 9.24. The number of aliphatic hydroxyl groups excluding tert-OH is 1. The second-order valence-corrected chi connectivity index (χ2v) is 5.88. The van der Waals surface area contributed by atoms with Crippen LogP contribution in [0.4, 0.5) is 0 Å². The fourth-order valence-corrected chi connectivity index (χ4v) is 1.22. The zero-order chi connectivity index (χ0) is 7.44. The Balaban J connectivity index is 3.38. The molecule has 0 saturated carbocycles. The maximum absolute atomic E-state index is 9.24. The summed E-state index contributed by atoms with van der Waals surface area (Å²) in [5.41, 5.74) is 0. The summed E-state index contributed by atoms with van der Waals surface area (Å²) in [7, 11) is 0. The van der Waals surface area contributed by atoms with E-state index < -0.39 is 0 Å². The summed E-state index contributed by atoms with van der Waals surface area (Å²) in [6, 6.07) is 0. The second-order valence-electron chi connectivity index (χ2n) is 2.44. The number of aliphatic hydroxyl groups is 1. The van der Waals surface area contributed by atoms with Crippen LogP contribution in [0.3, 0.4) is 0 Å². The van der Waals surface area contributed by atoms with Gasteiger partial charge in [-0.3, -0.25) is 0 Å². The predicted molar refractivity (Wildman–Crippen MR) is 47.1 cm³/mol. The Kier molecular flexibility index (Phi) is 5.17. The van der Waals surface area contributed by atoms with E-state index in [4.69, 9.17) is 0 Å². The Hall–Kier alpha value is 0.920. The number of hydrogen-bond donors (Lipinski definition) is 1. The molecule has 0 amide bonds. The van der Waals surface area contributed by atoms with Crippen molar-refractivity contribution >= 4 is 31.9 Å². The van der Waals surface area contributed by atoms with Crippen molar-refractivity contribution in [2.45, 2.75) is 30.1 Å². The molecule has 0 aliphatic rings. The third-order valence-electron chi connectivity index (χ3n) is 1.19. The standard InChI is InChI=1S/C6H12Br2O/c1-4(2)5(9)3-6(7)8/h4-6,9H,3H2,1-2H3. The van der Waals surface area contributed by atoms with Gasteiger partial charge in [-0.2, -0.15) is 0 Å². The molecule has 0 heterocycles. The van der Waals surface area contributed by atoms with Gasteiger partial charge in [-0.15, -0.1) is 0 Å². The third-order valence-corrected chi connectivity index (χ3v) is 1.94. The Morgan fingerprint density at radius 1 is 1.33 bits per heavy atom. The van der Waals surface area contributed by atoms with Crippen LogP contribution in [0.25, 0.3) is 0 Å². The Bertz CT molecular complexity index is 73.5. The first-order chi connectivity index (χ1) is 4.04. The molecule has 0 radical (unpaired) electrons. The van der Waals surface area contributed by atoms with Crippen LogP contribution in [0.2, 0.25) is 0 Å². The monoisotopic (exact) mass is 258 g/mol. The molecule has 0 aromatic rings. The molecule has 9 heavy (non-hydrogen) atoms. The number of rotatable bonds is 3. The van der Waals surface area contributed by atoms with Crippen molar-refractivity contribution in [1.29, 1.82) is 0 Å². The van der Waals surface area contributed by atoms with Crippen LogP contribution >= 0.6 is 31.9 Å². The molecule has 1 nitrogen and oxygen atoms in total. The van der Waals surface area contributed by atoms with Crippen molar-refractivity contribution in [2.24, 2.45) is 5.92 Å². The number of alkyl halides is 2. The van der Waals surface area contributed by atoms with Crippen LogP contribution in [0, 0.1) is 5.92 Å². The van der Waals surface area contributed by atoms with Gasteiger partial charge in [-0.05, 0) is 12.3 Å². The zero-order valence-corrected chi connectivity index (χ0v) is 8.81. The van der Waals surface area contributed by atoms with Crippen LogP contribution in [0.15, 0.2) is 0 Å². The molecular formula is C6H12Br2O. The van der Waals surface area contributed by atoms with Crippen molar-refractivity contribution in [2.75, 3.05) is 0 Å². The summed E-state index contributed by atoms with van der Waals surface area (Å²) in [4.78, 5) is 0. The molecule has 0 rings (SSSR count). The first-order valence-corrected chi connectivity index (χ1v) is 4.83. The fraction of sp³-hybridized carbons (Fsp3) is 1.00. The summed E-state index contributed by atoms with van der Waals surface area (Å²) in [5.74, 6) is 0.350. The lowest BCUT2D eigenvalue weighted by atomic mass is 10.1. The Morgan fingerprint density at radius 3 is 1.89 bits per heavy atom. The predicted octanol–water partition coefficient (Wildman–Crippen LogP) is 2.51. The molecule has 0 saturated heterocycles. The molecular weight excluding hydrogens is 248 g/mol. The summed E-state index contributed by atoms with van der Waals surface area (Å²) in [6.07, 6.45) is 0.561. The van der Waals surface area contributed by atoms with Crippen LogP contribution in [-0.2, 0) is 0 Å². The minimum absolute atomic E-state index is 0.200. The Labute approximate surface area is 73.1 Å². The zero-order valence-electron chi connectivity index (χ0n) is 5.64. The van der Waals surface area contributed by atoms with E-state index in [1.807, 2.05) is 13.8 Å². The maximum Gasteiger partial charge on any atom is 0.0722 e. The maximum atomic E-state index is 9.24. The Morgan fingerprint density at radius 2 is 1.78 bits per heavy atom. The van der Waals surface area contributed by atoms with E-state index in [0.29, 0.717) is 5.92 Å². The lowest BCUT2D eigenvalue weighted by molar-refractivity contribution is 0.121. The van der Waals surface area contributed by atoms with E-state index in [1.54, 1.807) is 0 Å². The van der Waals surface area contributed by atoms with Crippen molar-refractivity contribution in [3.63, 3.8) is 0 Å². The largest absolute Gasteiger partial charge is 0.393 e. The van der Waals surface area contributed by atoms with Gasteiger partial charge in [0, 0.05) is 0 Å². The first kappa shape index (κ1) is 9.92. The van der Waals surface area contributed by atoms with Crippen LogP contribution in [0.5, 0.6) is 0 Å². The van der Waals surface area contributed by atoms with E-state index in [0.717, 1.165) is 6.42 Å². The van der Waals surface area contributed by atoms with Crippen LogP contribution in [0.1, 0.15) is 20.3 Å². The highest BCUT2D eigenvalue weighted by Crippen LogP contribution is 2.18. The molecule has 0 aliphatic carbocycles. The SMILES string of the molecule is CC(C)C(O)CC(Br)Br. The minimum atomic E-state index is -0.200. The van der Waals surface area contributed by atoms with Gasteiger partial charge in [0.15, 0.2) is 0 Å². The average molecular weight is 260 g/mol. The number of hydrogen-bond acceptors (Lipinski definition) is 1. The lowest BCUT2D eigenvalue weighted by Crippen LogP contribution is -2.16. The fourth-order valence-electron chi connectivity index (χ4n) is 0.455. The average Bonchev–Trinajstić information content (AvgIpc) is 1.63. The molecule has 3 heteroatoms. The highest BCUT2D eigenvalue weighted by Gasteiger charge is 2.11. The summed E-state index contributed by atoms with van der Waals surface area (Å²) in [6.45, 7) is 4.01. The second kappa shape index (κ2) is 4.69. The molecule has 0 aromatic carbocycles. The third kappa shape index (κ3) is 5.37. The van der Waals surface area contributed by atoms with Gasteiger partial charge in [0.05, 0.1) is 9.84 Å². The van der Waals surface area contributed by atoms with Crippen molar-refractivity contribution in [3.8, 4) is 0 Å². The molecule has 1 N–H and O–H groups in total. The lowest BCUT2D eigenvalue weighted by Gasteiger charge is -2.14. The van der Waals surface area contributed by atoms with E-state index in [1.165, 1.54) is 0 Å². The van der Waals surface area contributed by atoms with Gasteiger partial charge >= 0.3 is 0 Å². The van der Waals surface area contributed by atoms with Crippen LogP contribution in [-0.4, -0.2) is 14.9 Å². The van der Waals surface area contributed by atoms with E-state index >= 15 is 0 Å². The highest BCUT2D eigenvalue weighted by molar-refractivity contribution is 9.24. The normalized spacial score (nSPS) is 15.0. The molecule has 0 spiro atoms. The number of halogens is 2. The molecule has 56 valence electrons.